The van der Waals surface area contributed by atoms with Crippen molar-refractivity contribution in [2.75, 3.05) is 0 Å². The smallest absolute Gasteiger partial charge is 0.747 e. The molecule has 0 radical (unpaired) electrons. The second kappa shape index (κ2) is 8.06. The van der Waals surface area contributed by atoms with Crippen molar-refractivity contribution in [3.8, 4) is 0 Å². The molecule has 10 heteroatoms. The van der Waals surface area contributed by atoms with Gasteiger partial charge in [0, 0.05) is 6.42 Å². The van der Waals surface area contributed by atoms with Crippen molar-refractivity contribution in [3.63, 3.8) is 0 Å². The maximum absolute atomic E-state index is 11.2. The molecule has 0 N–H and O–H groups in total. The Balaban J connectivity index is 0.00000220. The van der Waals surface area contributed by atoms with Crippen LogP contribution in [0.25, 0.3) is 5.57 Å². The van der Waals surface area contributed by atoms with E-state index in [-0.39, 0.29) is 59.1 Å². The van der Waals surface area contributed by atoms with Crippen LogP contribution in [0.2, 0.25) is 0 Å². The molecule has 0 aromatic heterocycles. The minimum Gasteiger partial charge on any atom is -0.747 e. The van der Waals surface area contributed by atoms with Gasteiger partial charge in [0.1, 0.15) is 20.2 Å². The third-order valence-corrected chi connectivity index (χ3v) is 6.60. The Hall–Kier alpha value is 0.520. The summed E-state index contributed by atoms with van der Waals surface area (Å²) in [6.07, 6.45) is 2.41. The zero-order valence-corrected chi connectivity index (χ0v) is 17.7. The summed E-state index contributed by atoms with van der Waals surface area (Å²) in [7, 11) is -10.7. The first-order valence-electron chi connectivity index (χ1n) is 5.53. The summed E-state index contributed by atoms with van der Waals surface area (Å²) in [4.78, 5) is 0. The van der Waals surface area contributed by atoms with Gasteiger partial charge in [-0.1, -0.05) is 42.5 Å². The van der Waals surface area contributed by atoms with E-state index in [1.807, 2.05) is 0 Å². The first kappa shape index (κ1) is 22.5. The third kappa shape index (κ3) is 4.32. The van der Waals surface area contributed by atoms with Gasteiger partial charge in [-0.2, -0.15) is 0 Å². The first-order valence-corrected chi connectivity index (χ1v) is 8.35. The number of hydrogen-bond acceptors (Lipinski definition) is 6. The number of allylic oxidation sites excluding steroid dienone is 3. The molecule has 0 saturated heterocycles. The van der Waals surface area contributed by atoms with Crippen LogP contribution in [0, 0.1) is 0 Å². The molecule has 0 atom stereocenters. The summed E-state index contributed by atoms with van der Waals surface area (Å²) in [5.74, 6) is 0. The van der Waals surface area contributed by atoms with Crippen LogP contribution in [0.1, 0.15) is 12.0 Å². The molecule has 1 aliphatic carbocycles. The fourth-order valence-corrected chi connectivity index (χ4v) is 3.99. The van der Waals surface area contributed by atoms with E-state index in [4.69, 9.17) is 0 Å². The monoisotopic (exact) mass is 360 g/mol. The molecule has 1 aliphatic rings. The molecule has 1 aromatic carbocycles. The molecule has 0 heterocycles. The summed E-state index contributed by atoms with van der Waals surface area (Å²) in [6, 6.07) is 8.76. The van der Waals surface area contributed by atoms with Gasteiger partial charge in [-0.3, -0.25) is 0 Å². The maximum Gasteiger partial charge on any atom is 1.00 e. The van der Waals surface area contributed by atoms with Crippen LogP contribution in [0.15, 0.2) is 48.6 Å². The Morgan fingerprint density at radius 3 is 1.77 bits per heavy atom. The maximum atomic E-state index is 11.2. The number of rotatable bonds is 3. The van der Waals surface area contributed by atoms with E-state index in [1.54, 1.807) is 30.3 Å². The molecular weight excluding hydrogens is 350 g/mol. The van der Waals surface area contributed by atoms with Crippen LogP contribution in [0.5, 0.6) is 0 Å². The molecule has 0 unspecified atom stereocenters. The van der Waals surface area contributed by atoms with E-state index in [2.05, 4.69) is 0 Å². The Morgan fingerprint density at radius 1 is 0.909 bits per heavy atom. The largest absolute Gasteiger partial charge is 1.00 e. The Kier molecular flexibility index (Phi) is 8.26. The van der Waals surface area contributed by atoms with Gasteiger partial charge < -0.3 is 9.11 Å². The molecule has 6 nitrogen and oxygen atoms in total. The Labute approximate surface area is 173 Å². The average Bonchev–Trinajstić information content (AvgIpc) is 2.37. The zero-order chi connectivity index (χ0) is 15.0. The van der Waals surface area contributed by atoms with Gasteiger partial charge in [0.15, 0.2) is 4.08 Å². The molecule has 0 fully saturated rings. The molecule has 0 bridgehead atoms. The zero-order valence-electron chi connectivity index (χ0n) is 12.1. The van der Waals surface area contributed by atoms with Crippen molar-refractivity contribution >= 4 is 25.8 Å². The van der Waals surface area contributed by atoms with Crippen molar-refractivity contribution in [2.24, 2.45) is 0 Å². The summed E-state index contributed by atoms with van der Waals surface area (Å²) in [6.45, 7) is 0. The SMILES string of the molecule is O=S(=O)([O-])C1(S(=O)(=O)[O-])C=CC(c2ccccc2)=CC1.[Na+].[Na+]. The van der Waals surface area contributed by atoms with Crippen molar-refractivity contribution in [3.05, 3.63) is 54.1 Å². The van der Waals surface area contributed by atoms with Gasteiger partial charge >= 0.3 is 59.1 Å². The second-order valence-corrected chi connectivity index (χ2v) is 7.81. The van der Waals surface area contributed by atoms with Crippen molar-refractivity contribution in [1.29, 1.82) is 0 Å². The van der Waals surface area contributed by atoms with Gasteiger partial charge in [-0.25, -0.2) is 16.8 Å². The van der Waals surface area contributed by atoms with Gasteiger partial charge in [-0.05, 0) is 17.2 Å². The molecule has 1 aromatic rings. The van der Waals surface area contributed by atoms with Crippen molar-refractivity contribution in [1.82, 2.24) is 0 Å². The average molecular weight is 360 g/mol. The number of benzene rings is 1. The van der Waals surface area contributed by atoms with E-state index >= 15 is 0 Å². The predicted octanol–water partition coefficient (Wildman–Crippen LogP) is -5.18. The quantitative estimate of drug-likeness (QED) is 0.393. The minimum atomic E-state index is -5.33. The van der Waals surface area contributed by atoms with Crippen molar-refractivity contribution in [2.45, 2.75) is 10.5 Å². The Morgan fingerprint density at radius 2 is 1.41 bits per heavy atom. The predicted molar refractivity (Wildman–Crippen MR) is 70.3 cm³/mol. The third-order valence-electron chi connectivity index (χ3n) is 3.08. The van der Waals surface area contributed by atoms with Crippen LogP contribution in [-0.4, -0.2) is 30.0 Å². The molecule has 2 rings (SSSR count). The summed E-state index contributed by atoms with van der Waals surface area (Å²) >= 11 is 0. The molecular formula is C12H10Na2O6S2. The summed E-state index contributed by atoms with van der Waals surface area (Å²) in [5.41, 5.74) is 1.28. The van der Waals surface area contributed by atoms with Crippen LogP contribution < -0.4 is 59.1 Å². The molecule has 0 saturated carbocycles. The number of hydrogen-bond donors (Lipinski definition) is 0. The van der Waals surface area contributed by atoms with E-state index in [0.29, 0.717) is 11.6 Å². The molecule has 108 valence electrons. The van der Waals surface area contributed by atoms with E-state index in [9.17, 15) is 25.9 Å². The van der Waals surface area contributed by atoms with Gasteiger partial charge in [0.05, 0.1) is 0 Å². The second-order valence-electron chi connectivity index (χ2n) is 4.28. The standard InChI is InChI=1S/C12H12O6S2.2Na/c13-19(14,15)12(20(16,17)18)8-6-11(7-9-12)10-4-2-1-3-5-10;;/h1-8H,9H2,(H,13,14,15)(H,16,17,18);;/q;2*+1/p-2. The normalized spacial score (nSPS) is 16.9. The minimum absolute atomic E-state index is 0. The summed E-state index contributed by atoms with van der Waals surface area (Å²) < 4.78 is 64.1. The van der Waals surface area contributed by atoms with Gasteiger partial charge in [-0.15, -0.1) is 0 Å². The molecule has 0 spiro atoms. The van der Waals surface area contributed by atoms with Crippen LogP contribution >= 0.6 is 0 Å². The van der Waals surface area contributed by atoms with E-state index in [1.165, 1.54) is 12.2 Å². The molecule has 0 amide bonds. The molecule has 22 heavy (non-hydrogen) atoms. The van der Waals surface area contributed by atoms with E-state index < -0.39 is 30.7 Å². The van der Waals surface area contributed by atoms with Crippen LogP contribution in [0.3, 0.4) is 0 Å². The van der Waals surface area contributed by atoms with Gasteiger partial charge in [0.2, 0.25) is 0 Å². The van der Waals surface area contributed by atoms with E-state index in [0.717, 1.165) is 5.56 Å². The summed E-state index contributed by atoms with van der Waals surface area (Å²) in [5, 5.41) is 0. The first-order chi connectivity index (χ1) is 9.17. The fourth-order valence-electron chi connectivity index (χ4n) is 1.95. The topological polar surface area (TPSA) is 114 Å². The fraction of sp³-hybridized carbons (Fsp3) is 0.167. The van der Waals surface area contributed by atoms with Crippen LogP contribution in [-0.2, 0) is 20.2 Å². The molecule has 0 aliphatic heterocycles. The van der Waals surface area contributed by atoms with Gasteiger partial charge in [0.25, 0.3) is 0 Å². The Bertz CT molecular complexity index is 750. The van der Waals surface area contributed by atoms with Crippen LogP contribution in [0.4, 0.5) is 0 Å². The van der Waals surface area contributed by atoms with Crippen molar-refractivity contribution < 1.29 is 85.1 Å².